The van der Waals surface area contributed by atoms with Crippen LogP contribution in [0.5, 0.6) is 0 Å². The summed E-state index contributed by atoms with van der Waals surface area (Å²) in [6.07, 6.45) is 6.93. The largest absolute Gasteiger partial charge is 0.299 e. The maximum absolute atomic E-state index is 5.99. The summed E-state index contributed by atoms with van der Waals surface area (Å²) in [7, 11) is 0. The van der Waals surface area contributed by atoms with Gasteiger partial charge in [0.25, 0.3) is 0 Å². The van der Waals surface area contributed by atoms with Crippen molar-refractivity contribution >= 4 is 0 Å². The van der Waals surface area contributed by atoms with Crippen molar-refractivity contribution in [3.8, 4) is 0 Å². The highest BCUT2D eigenvalue weighted by atomic mass is 15.4. The highest BCUT2D eigenvalue weighted by Gasteiger charge is 2.41. The van der Waals surface area contributed by atoms with Crippen LogP contribution in [0.4, 0.5) is 0 Å². The molecule has 3 saturated heterocycles. The number of nitrogens with zero attached hydrogens (tertiary/aromatic N) is 2. The number of hydrazine groups is 1. The molecule has 4 fully saturated rings. The third-order valence-electron chi connectivity index (χ3n) is 5.88. The zero-order valence-electron chi connectivity index (χ0n) is 12.4. The first kappa shape index (κ1) is 13.8. The number of piperazine rings is 3. The summed E-state index contributed by atoms with van der Waals surface area (Å²) in [6, 6.07) is 1.14. The maximum Gasteiger partial charge on any atom is 0.0409 e. The van der Waals surface area contributed by atoms with Gasteiger partial charge in [-0.15, -0.1) is 0 Å². The van der Waals surface area contributed by atoms with Gasteiger partial charge in [-0.25, -0.2) is 0 Å². The number of hydrogen-bond donors (Lipinski definition) is 2. The van der Waals surface area contributed by atoms with E-state index in [9.17, 15) is 0 Å². The molecule has 0 radical (unpaired) electrons. The summed E-state index contributed by atoms with van der Waals surface area (Å²) < 4.78 is 0. The van der Waals surface area contributed by atoms with Crippen LogP contribution in [0.1, 0.15) is 39.0 Å². The molecule has 4 heteroatoms. The number of fused-ring (bicyclic) bond motifs is 3. The van der Waals surface area contributed by atoms with Gasteiger partial charge in [0, 0.05) is 44.8 Å². The standard InChI is InChI=1S/C15H30N4/c1-2-12-5-3-4-6-13(12)15(17-16)14-11-18-7-9-19(14)10-8-18/h12-15,17H,2-11,16H2,1H3. The molecule has 0 aromatic heterocycles. The third-order valence-corrected chi connectivity index (χ3v) is 5.88. The summed E-state index contributed by atoms with van der Waals surface area (Å²) >= 11 is 0. The van der Waals surface area contributed by atoms with Crippen LogP contribution in [-0.2, 0) is 0 Å². The van der Waals surface area contributed by atoms with Crippen LogP contribution in [0.25, 0.3) is 0 Å². The normalized spacial score (nSPS) is 44.2. The second-order valence-electron chi connectivity index (χ2n) is 6.71. The maximum atomic E-state index is 5.99. The van der Waals surface area contributed by atoms with Crippen LogP contribution >= 0.6 is 0 Å². The Hall–Kier alpha value is -0.160. The Balaban J connectivity index is 1.72. The molecule has 4 aliphatic rings. The lowest BCUT2D eigenvalue weighted by atomic mass is 9.71. The Morgan fingerprint density at radius 3 is 2.47 bits per heavy atom. The molecule has 4 unspecified atom stereocenters. The molecule has 0 spiro atoms. The van der Waals surface area contributed by atoms with E-state index in [1.54, 1.807) is 0 Å². The molecule has 1 saturated carbocycles. The Bertz CT molecular complexity index is 281. The summed E-state index contributed by atoms with van der Waals surface area (Å²) in [4.78, 5) is 5.31. The SMILES string of the molecule is CCC1CCCCC1C(NN)C1CN2CCN1CC2. The van der Waals surface area contributed by atoms with Crippen molar-refractivity contribution in [1.29, 1.82) is 0 Å². The van der Waals surface area contributed by atoms with E-state index in [0.717, 1.165) is 11.8 Å². The first-order valence-electron chi connectivity index (χ1n) is 8.26. The minimum atomic E-state index is 0.494. The molecular weight excluding hydrogens is 236 g/mol. The molecule has 3 N–H and O–H groups in total. The topological polar surface area (TPSA) is 44.5 Å². The highest BCUT2D eigenvalue weighted by molar-refractivity contribution is 4.98. The van der Waals surface area contributed by atoms with Crippen LogP contribution < -0.4 is 11.3 Å². The number of nitrogens with two attached hydrogens (primary N) is 1. The van der Waals surface area contributed by atoms with Crippen molar-refractivity contribution in [2.75, 3.05) is 32.7 Å². The Morgan fingerprint density at radius 2 is 1.89 bits per heavy atom. The third kappa shape index (κ3) is 2.68. The van der Waals surface area contributed by atoms with Crippen molar-refractivity contribution in [2.45, 2.75) is 51.1 Å². The van der Waals surface area contributed by atoms with Crippen LogP contribution in [0.2, 0.25) is 0 Å². The quantitative estimate of drug-likeness (QED) is 0.589. The molecule has 4 nitrogen and oxygen atoms in total. The smallest absolute Gasteiger partial charge is 0.0409 e. The van der Waals surface area contributed by atoms with Crippen LogP contribution in [0, 0.1) is 11.8 Å². The molecule has 110 valence electrons. The predicted molar refractivity (Wildman–Crippen MR) is 78.7 cm³/mol. The molecule has 4 rings (SSSR count). The number of nitrogens with one attached hydrogen (secondary N) is 1. The molecule has 0 aromatic rings. The average Bonchev–Trinajstić information content (AvgIpc) is 2.50. The average molecular weight is 266 g/mol. The second kappa shape index (κ2) is 6.08. The molecule has 0 amide bonds. The zero-order valence-corrected chi connectivity index (χ0v) is 12.4. The fourth-order valence-corrected chi connectivity index (χ4v) is 4.73. The highest BCUT2D eigenvalue weighted by Crippen LogP contribution is 2.37. The number of hydrogen-bond acceptors (Lipinski definition) is 4. The van der Waals surface area contributed by atoms with Gasteiger partial charge in [0.15, 0.2) is 0 Å². The van der Waals surface area contributed by atoms with Gasteiger partial charge in [0.1, 0.15) is 0 Å². The van der Waals surface area contributed by atoms with Gasteiger partial charge >= 0.3 is 0 Å². The van der Waals surface area contributed by atoms with Gasteiger partial charge in [-0.3, -0.25) is 21.1 Å². The Morgan fingerprint density at radius 1 is 1.16 bits per heavy atom. The van der Waals surface area contributed by atoms with Crippen molar-refractivity contribution in [1.82, 2.24) is 15.2 Å². The van der Waals surface area contributed by atoms with Gasteiger partial charge in [0.2, 0.25) is 0 Å². The fraction of sp³-hybridized carbons (Fsp3) is 1.00. The molecule has 3 aliphatic heterocycles. The summed E-state index contributed by atoms with van der Waals surface area (Å²) in [5, 5.41) is 0. The first-order valence-corrected chi connectivity index (χ1v) is 8.26. The molecule has 19 heavy (non-hydrogen) atoms. The molecule has 3 heterocycles. The number of rotatable bonds is 4. The van der Waals surface area contributed by atoms with Gasteiger partial charge in [-0.05, 0) is 18.3 Å². The van der Waals surface area contributed by atoms with Crippen LogP contribution in [-0.4, -0.2) is 54.6 Å². The summed E-state index contributed by atoms with van der Waals surface area (Å²) in [5.41, 5.74) is 3.22. The van der Waals surface area contributed by atoms with Crippen LogP contribution in [0.3, 0.4) is 0 Å². The van der Waals surface area contributed by atoms with Gasteiger partial charge in [-0.2, -0.15) is 0 Å². The van der Waals surface area contributed by atoms with E-state index in [-0.39, 0.29) is 0 Å². The molecular formula is C15H30N4. The lowest BCUT2D eigenvalue weighted by Crippen LogP contribution is -2.68. The monoisotopic (exact) mass is 266 g/mol. The van der Waals surface area contributed by atoms with Crippen molar-refractivity contribution < 1.29 is 0 Å². The molecule has 4 atom stereocenters. The van der Waals surface area contributed by atoms with Crippen molar-refractivity contribution in [3.63, 3.8) is 0 Å². The van der Waals surface area contributed by atoms with E-state index in [2.05, 4.69) is 22.1 Å². The zero-order chi connectivity index (χ0) is 13.2. The summed E-state index contributed by atoms with van der Waals surface area (Å²) in [6.45, 7) is 8.58. The van der Waals surface area contributed by atoms with E-state index in [4.69, 9.17) is 5.84 Å². The van der Waals surface area contributed by atoms with E-state index in [0.29, 0.717) is 12.1 Å². The lowest BCUT2D eigenvalue weighted by molar-refractivity contribution is -0.0236. The first-order chi connectivity index (χ1) is 9.33. The van der Waals surface area contributed by atoms with E-state index < -0.39 is 0 Å². The molecule has 1 aliphatic carbocycles. The molecule has 0 aromatic carbocycles. The van der Waals surface area contributed by atoms with Gasteiger partial charge in [-0.1, -0.05) is 32.6 Å². The lowest BCUT2D eigenvalue weighted by Gasteiger charge is -2.52. The fourth-order valence-electron chi connectivity index (χ4n) is 4.73. The Kier molecular flexibility index (Phi) is 4.42. The van der Waals surface area contributed by atoms with Crippen LogP contribution in [0.15, 0.2) is 0 Å². The van der Waals surface area contributed by atoms with Crippen molar-refractivity contribution in [3.05, 3.63) is 0 Å². The van der Waals surface area contributed by atoms with Gasteiger partial charge < -0.3 is 0 Å². The molecule has 2 bridgehead atoms. The van der Waals surface area contributed by atoms with Gasteiger partial charge in [0.05, 0.1) is 0 Å². The predicted octanol–water partition coefficient (Wildman–Crippen LogP) is 1.03. The van der Waals surface area contributed by atoms with Crippen molar-refractivity contribution in [2.24, 2.45) is 17.7 Å². The second-order valence-corrected chi connectivity index (χ2v) is 6.71. The summed E-state index contributed by atoms with van der Waals surface area (Å²) in [5.74, 6) is 7.66. The Labute approximate surface area is 117 Å². The van der Waals surface area contributed by atoms with E-state index in [1.807, 2.05) is 0 Å². The minimum absolute atomic E-state index is 0.494. The van der Waals surface area contributed by atoms with E-state index in [1.165, 1.54) is 64.8 Å². The minimum Gasteiger partial charge on any atom is -0.299 e. The van der Waals surface area contributed by atoms with E-state index >= 15 is 0 Å².